The summed E-state index contributed by atoms with van der Waals surface area (Å²) >= 11 is 0. The van der Waals surface area contributed by atoms with Gasteiger partial charge in [-0.05, 0) is 56.3 Å². The Morgan fingerprint density at radius 1 is 1.03 bits per heavy atom. The summed E-state index contributed by atoms with van der Waals surface area (Å²) in [6.45, 7) is 3.15. The first-order valence-electron chi connectivity index (χ1n) is 11.6. The van der Waals surface area contributed by atoms with Gasteiger partial charge < -0.3 is 20.5 Å². The Labute approximate surface area is 190 Å². The van der Waals surface area contributed by atoms with Gasteiger partial charge in [0.1, 0.15) is 5.75 Å². The highest BCUT2D eigenvalue weighted by atomic mass is 16.5. The topological polar surface area (TPSA) is 87.7 Å². The standard InChI is InChI=1S/C26H34N2O4/c29-25(30)18-23(26(31)28-19-21-9-2-1-3-10-21)22-11-4-5-12-24(22)32-17-7-6-8-20-13-15-27-16-14-20/h1-5,9-12,20,23,27H,6-8,13-19H2,(H,28,31)(H,29,30). The Morgan fingerprint density at radius 3 is 2.50 bits per heavy atom. The molecular weight excluding hydrogens is 404 g/mol. The van der Waals surface area contributed by atoms with Gasteiger partial charge in [-0.15, -0.1) is 0 Å². The third-order valence-electron chi connectivity index (χ3n) is 6.02. The van der Waals surface area contributed by atoms with Gasteiger partial charge in [0, 0.05) is 12.1 Å². The predicted molar refractivity (Wildman–Crippen MR) is 125 cm³/mol. The number of amides is 1. The number of benzene rings is 2. The van der Waals surface area contributed by atoms with Crippen LogP contribution in [-0.2, 0) is 16.1 Å². The summed E-state index contributed by atoms with van der Waals surface area (Å²) in [5, 5.41) is 15.7. The van der Waals surface area contributed by atoms with Crippen LogP contribution in [0.3, 0.4) is 0 Å². The fourth-order valence-electron chi connectivity index (χ4n) is 4.21. The lowest BCUT2D eigenvalue weighted by atomic mass is 9.92. The first-order valence-corrected chi connectivity index (χ1v) is 11.6. The first-order chi connectivity index (χ1) is 15.6. The highest BCUT2D eigenvalue weighted by Gasteiger charge is 2.26. The highest BCUT2D eigenvalue weighted by Crippen LogP contribution is 2.30. The quantitative estimate of drug-likeness (QED) is 0.434. The molecule has 1 heterocycles. The smallest absolute Gasteiger partial charge is 0.304 e. The molecule has 1 atom stereocenters. The average molecular weight is 439 g/mol. The third-order valence-corrected chi connectivity index (χ3v) is 6.02. The number of hydrogen-bond acceptors (Lipinski definition) is 4. The lowest BCUT2D eigenvalue weighted by Gasteiger charge is -2.22. The van der Waals surface area contributed by atoms with Gasteiger partial charge in [-0.2, -0.15) is 0 Å². The first kappa shape index (κ1) is 23.8. The molecule has 0 bridgehead atoms. The maximum absolute atomic E-state index is 12.9. The number of carbonyl (C=O) groups excluding carboxylic acids is 1. The van der Waals surface area contributed by atoms with Crippen molar-refractivity contribution >= 4 is 11.9 Å². The zero-order valence-electron chi connectivity index (χ0n) is 18.6. The van der Waals surface area contributed by atoms with Crippen LogP contribution in [0.5, 0.6) is 5.75 Å². The zero-order valence-corrected chi connectivity index (χ0v) is 18.6. The number of carboxylic acid groups (broad SMARTS) is 1. The molecule has 3 N–H and O–H groups in total. The van der Waals surface area contributed by atoms with Crippen LogP contribution in [0.15, 0.2) is 54.6 Å². The summed E-state index contributed by atoms with van der Waals surface area (Å²) in [7, 11) is 0. The lowest BCUT2D eigenvalue weighted by molar-refractivity contribution is -0.139. The molecule has 2 aromatic rings. The van der Waals surface area contributed by atoms with Gasteiger partial charge in [0.25, 0.3) is 0 Å². The van der Waals surface area contributed by atoms with Crippen molar-refractivity contribution in [2.24, 2.45) is 5.92 Å². The van der Waals surface area contributed by atoms with Crippen molar-refractivity contribution in [1.29, 1.82) is 0 Å². The van der Waals surface area contributed by atoms with Crippen molar-refractivity contribution in [1.82, 2.24) is 10.6 Å². The van der Waals surface area contributed by atoms with Crippen molar-refractivity contribution in [2.75, 3.05) is 19.7 Å². The van der Waals surface area contributed by atoms with E-state index >= 15 is 0 Å². The average Bonchev–Trinajstić information content (AvgIpc) is 2.82. The molecule has 6 heteroatoms. The van der Waals surface area contributed by atoms with E-state index in [0.717, 1.165) is 37.4 Å². The van der Waals surface area contributed by atoms with Crippen LogP contribution in [0.25, 0.3) is 0 Å². The molecule has 1 aliphatic heterocycles. The molecule has 0 aromatic heterocycles. The number of carboxylic acids is 1. The van der Waals surface area contributed by atoms with Crippen molar-refractivity contribution < 1.29 is 19.4 Å². The summed E-state index contributed by atoms with van der Waals surface area (Å²) < 4.78 is 6.02. The van der Waals surface area contributed by atoms with E-state index in [0.29, 0.717) is 24.5 Å². The summed E-state index contributed by atoms with van der Waals surface area (Å²) in [5.41, 5.74) is 1.59. The molecule has 1 unspecified atom stereocenters. The SMILES string of the molecule is O=C(O)CC(C(=O)NCc1ccccc1)c1ccccc1OCCCCC1CCNCC1. The molecule has 0 aliphatic carbocycles. The second-order valence-electron chi connectivity index (χ2n) is 8.43. The van der Waals surface area contributed by atoms with Crippen molar-refractivity contribution in [3.8, 4) is 5.75 Å². The van der Waals surface area contributed by atoms with Crippen LogP contribution < -0.4 is 15.4 Å². The minimum absolute atomic E-state index is 0.281. The number of para-hydroxylation sites is 1. The Kier molecular flexibility index (Phi) is 9.57. The molecule has 0 radical (unpaired) electrons. The van der Waals surface area contributed by atoms with Gasteiger partial charge >= 0.3 is 5.97 Å². The molecule has 1 amide bonds. The van der Waals surface area contributed by atoms with Crippen LogP contribution >= 0.6 is 0 Å². The van der Waals surface area contributed by atoms with E-state index in [4.69, 9.17) is 4.74 Å². The second-order valence-corrected chi connectivity index (χ2v) is 8.43. The van der Waals surface area contributed by atoms with E-state index in [1.165, 1.54) is 19.3 Å². The van der Waals surface area contributed by atoms with E-state index in [-0.39, 0.29) is 12.3 Å². The monoisotopic (exact) mass is 438 g/mol. The van der Waals surface area contributed by atoms with Gasteiger partial charge in [0.2, 0.25) is 5.91 Å². The molecule has 2 aromatic carbocycles. The normalized spacial score (nSPS) is 15.1. The summed E-state index contributed by atoms with van der Waals surface area (Å²) in [6.07, 6.45) is 5.50. The highest BCUT2D eigenvalue weighted by molar-refractivity contribution is 5.88. The minimum Gasteiger partial charge on any atom is -0.493 e. The van der Waals surface area contributed by atoms with Crippen molar-refractivity contribution in [3.05, 3.63) is 65.7 Å². The Bertz CT molecular complexity index is 850. The number of nitrogens with one attached hydrogen (secondary N) is 2. The largest absolute Gasteiger partial charge is 0.493 e. The molecule has 6 nitrogen and oxygen atoms in total. The Morgan fingerprint density at radius 2 is 1.75 bits per heavy atom. The maximum Gasteiger partial charge on any atom is 0.304 e. The molecule has 1 saturated heterocycles. The number of unbranched alkanes of at least 4 members (excludes halogenated alkanes) is 1. The van der Waals surface area contributed by atoms with Crippen LogP contribution in [0.2, 0.25) is 0 Å². The van der Waals surface area contributed by atoms with Crippen molar-refractivity contribution in [2.45, 2.75) is 51.0 Å². The third kappa shape index (κ3) is 7.68. The zero-order chi connectivity index (χ0) is 22.6. The number of ether oxygens (including phenoxy) is 1. The fraction of sp³-hybridized carbons (Fsp3) is 0.462. The van der Waals surface area contributed by atoms with E-state index in [2.05, 4.69) is 10.6 Å². The second kappa shape index (κ2) is 12.9. The molecule has 172 valence electrons. The predicted octanol–water partition coefficient (Wildman–Crippen LogP) is 4.11. The molecule has 1 fully saturated rings. The molecule has 32 heavy (non-hydrogen) atoms. The molecular formula is C26H34N2O4. The van der Waals surface area contributed by atoms with Crippen LogP contribution in [-0.4, -0.2) is 36.7 Å². The number of carbonyl (C=O) groups is 2. The molecule has 3 rings (SSSR count). The van der Waals surface area contributed by atoms with Crippen molar-refractivity contribution in [3.63, 3.8) is 0 Å². The lowest BCUT2D eigenvalue weighted by Crippen LogP contribution is -2.30. The van der Waals surface area contributed by atoms with E-state index < -0.39 is 11.9 Å². The Hall–Kier alpha value is -2.86. The number of piperidine rings is 1. The van der Waals surface area contributed by atoms with E-state index in [1.807, 2.05) is 48.5 Å². The molecule has 1 aliphatic rings. The molecule has 0 spiro atoms. The van der Waals surface area contributed by atoms with Crippen LogP contribution in [0.1, 0.15) is 55.6 Å². The molecule has 0 saturated carbocycles. The van der Waals surface area contributed by atoms with Gasteiger partial charge in [0.05, 0.1) is 18.9 Å². The number of aliphatic carboxylic acids is 1. The summed E-state index contributed by atoms with van der Waals surface area (Å²) in [4.78, 5) is 24.4. The maximum atomic E-state index is 12.9. The van der Waals surface area contributed by atoms with Gasteiger partial charge in [-0.25, -0.2) is 0 Å². The van der Waals surface area contributed by atoms with Gasteiger partial charge in [-0.1, -0.05) is 55.0 Å². The van der Waals surface area contributed by atoms with E-state index in [1.54, 1.807) is 6.07 Å². The van der Waals surface area contributed by atoms with E-state index in [9.17, 15) is 14.7 Å². The van der Waals surface area contributed by atoms with Gasteiger partial charge in [0.15, 0.2) is 0 Å². The summed E-state index contributed by atoms with van der Waals surface area (Å²) in [6, 6.07) is 16.9. The van der Waals surface area contributed by atoms with Crippen LogP contribution in [0.4, 0.5) is 0 Å². The fourth-order valence-corrected chi connectivity index (χ4v) is 4.21. The summed E-state index contributed by atoms with van der Waals surface area (Å²) in [5.74, 6) is -0.728. The Balaban J connectivity index is 1.57. The van der Waals surface area contributed by atoms with Gasteiger partial charge in [-0.3, -0.25) is 9.59 Å². The van der Waals surface area contributed by atoms with Crippen LogP contribution in [0, 0.1) is 5.92 Å². The minimum atomic E-state index is -1.01. The number of rotatable bonds is 12. The number of hydrogen-bond donors (Lipinski definition) is 3.